The van der Waals surface area contributed by atoms with Crippen LogP contribution in [0.1, 0.15) is 37.7 Å². The third-order valence-corrected chi connectivity index (χ3v) is 4.59. The maximum atomic E-state index is 11.8. The summed E-state index contributed by atoms with van der Waals surface area (Å²) in [6, 6.07) is 10.7. The van der Waals surface area contributed by atoms with Crippen molar-refractivity contribution in [1.29, 1.82) is 0 Å². The monoisotopic (exact) mass is 309 g/mol. The van der Waals surface area contributed by atoms with Crippen molar-refractivity contribution in [3.63, 3.8) is 0 Å². The largest absolute Gasteiger partial charge is 0.352 e. The van der Waals surface area contributed by atoms with Crippen molar-refractivity contribution in [3.05, 3.63) is 35.9 Å². The quantitative estimate of drug-likeness (QED) is 0.829. The van der Waals surface area contributed by atoms with Crippen LogP contribution in [0.2, 0.25) is 0 Å². The predicted molar refractivity (Wildman–Crippen MR) is 77.9 cm³/mol. The van der Waals surface area contributed by atoms with E-state index in [0.29, 0.717) is 17.3 Å². The summed E-state index contributed by atoms with van der Waals surface area (Å²) in [6.07, 6.45) is 6.04. The lowest BCUT2D eigenvalue weighted by Crippen LogP contribution is -2.37. The number of nitrogens with one attached hydrogen (secondary N) is 1. The zero-order chi connectivity index (χ0) is 12.8. The Morgan fingerprint density at radius 1 is 1.28 bits per heavy atom. The number of hydrogen-bond acceptors (Lipinski definition) is 1. The zero-order valence-corrected chi connectivity index (χ0v) is 12.2. The van der Waals surface area contributed by atoms with E-state index < -0.39 is 0 Å². The summed E-state index contributed by atoms with van der Waals surface area (Å²) in [5.74, 6) is 0.197. The molecule has 0 radical (unpaired) electrons. The van der Waals surface area contributed by atoms with E-state index in [-0.39, 0.29) is 5.91 Å². The van der Waals surface area contributed by atoms with Crippen molar-refractivity contribution in [2.45, 2.75) is 49.4 Å². The second-order valence-electron chi connectivity index (χ2n) is 4.96. The van der Waals surface area contributed by atoms with Crippen LogP contribution >= 0.6 is 15.9 Å². The number of aryl methyl sites for hydroxylation is 1. The minimum Gasteiger partial charge on any atom is -0.352 e. The van der Waals surface area contributed by atoms with Crippen LogP contribution in [0.4, 0.5) is 0 Å². The highest BCUT2D eigenvalue weighted by atomic mass is 79.9. The van der Waals surface area contributed by atoms with Crippen LogP contribution in [-0.4, -0.2) is 16.8 Å². The van der Waals surface area contributed by atoms with Gasteiger partial charge in [-0.1, -0.05) is 52.7 Å². The maximum Gasteiger partial charge on any atom is 0.220 e. The third kappa shape index (κ3) is 4.13. The molecule has 0 bridgehead atoms. The van der Waals surface area contributed by atoms with Crippen LogP contribution < -0.4 is 5.32 Å². The molecule has 2 unspecified atom stereocenters. The summed E-state index contributed by atoms with van der Waals surface area (Å²) in [4.78, 5) is 12.3. The fourth-order valence-electron chi connectivity index (χ4n) is 2.45. The highest BCUT2D eigenvalue weighted by Gasteiger charge is 2.25. The molecule has 1 aromatic rings. The minimum absolute atomic E-state index is 0.197. The van der Waals surface area contributed by atoms with Crippen molar-refractivity contribution >= 4 is 21.8 Å². The molecule has 3 heteroatoms. The molecule has 1 aliphatic carbocycles. The number of halogens is 1. The maximum absolute atomic E-state index is 11.8. The molecule has 0 heterocycles. The van der Waals surface area contributed by atoms with Crippen LogP contribution in [-0.2, 0) is 11.2 Å². The summed E-state index contributed by atoms with van der Waals surface area (Å²) >= 11 is 3.62. The van der Waals surface area contributed by atoms with Gasteiger partial charge in [0.2, 0.25) is 5.91 Å². The van der Waals surface area contributed by atoms with Gasteiger partial charge in [-0.25, -0.2) is 0 Å². The smallest absolute Gasteiger partial charge is 0.220 e. The molecule has 2 nitrogen and oxygen atoms in total. The van der Waals surface area contributed by atoms with Gasteiger partial charge in [0.25, 0.3) is 0 Å². The number of hydrogen-bond donors (Lipinski definition) is 1. The number of alkyl halides is 1. The summed E-state index contributed by atoms with van der Waals surface area (Å²) in [7, 11) is 0. The van der Waals surface area contributed by atoms with Crippen LogP contribution in [0.25, 0.3) is 0 Å². The Morgan fingerprint density at radius 3 is 2.72 bits per heavy atom. The molecule has 0 saturated heterocycles. The Morgan fingerprint density at radius 2 is 2.06 bits per heavy atom. The zero-order valence-electron chi connectivity index (χ0n) is 10.6. The van der Waals surface area contributed by atoms with Crippen LogP contribution in [0, 0.1) is 0 Å². The van der Waals surface area contributed by atoms with Crippen molar-refractivity contribution < 1.29 is 4.79 Å². The average molecular weight is 310 g/mol. The SMILES string of the molecule is O=C(CCCc1ccccc1)NC1CCCC1Br. The summed E-state index contributed by atoms with van der Waals surface area (Å²) in [6.45, 7) is 0. The van der Waals surface area contributed by atoms with Gasteiger partial charge in [0, 0.05) is 17.3 Å². The van der Waals surface area contributed by atoms with Crippen molar-refractivity contribution in [2.75, 3.05) is 0 Å². The van der Waals surface area contributed by atoms with E-state index in [2.05, 4.69) is 33.4 Å². The van der Waals surface area contributed by atoms with Gasteiger partial charge >= 0.3 is 0 Å². The first-order valence-corrected chi connectivity index (χ1v) is 7.64. The van der Waals surface area contributed by atoms with Gasteiger partial charge in [-0.15, -0.1) is 0 Å². The lowest BCUT2D eigenvalue weighted by atomic mass is 10.1. The fraction of sp³-hybridized carbons (Fsp3) is 0.533. The molecule has 98 valence electrons. The Balaban J connectivity index is 1.66. The van der Waals surface area contributed by atoms with E-state index in [9.17, 15) is 4.79 Å². The molecule has 0 spiro atoms. The predicted octanol–water partition coefficient (Wildman–Crippen LogP) is 3.44. The number of benzene rings is 1. The summed E-state index contributed by atoms with van der Waals surface area (Å²) in [5.41, 5.74) is 1.31. The molecule has 2 atom stereocenters. The Kier molecular flexibility index (Phi) is 5.24. The standard InChI is InChI=1S/C15H20BrNO/c16-13-9-5-10-14(13)17-15(18)11-4-8-12-6-2-1-3-7-12/h1-3,6-7,13-14H,4-5,8-11H2,(H,17,18). The van der Waals surface area contributed by atoms with Crippen molar-refractivity contribution in [1.82, 2.24) is 5.32 Å². The second kappa shape index (κ2) is 6.93. The first kappa shape index (κ1) is 13.6. The highest BCUT2D eigenvalue weighted by Crippen LogP contribution is 2.25. The first-order valence-electron chi connectivity index (χ1n) is 6.73. The fourth-order valence-corrected chi connectivity index (χ4v) is 3.17. The van der Waals surface area contributed by atoms with Crippen molar-refractivity contribution in [2.24, 2.45) is 0 Å². The van der Waals surface area contributed by atoms with Gasteiger partial charge in [0.15, 0.2) is 0 Å². The van der Waals surface area contributed by atoms with E-state index in [4.69, 9.17) is 0 Å². The van der Waals surface area contributed by atoms with Crippen LogP contribution in [0.15, 0.2) is 30.3 Å². The van der Waals surface area contributed by atoms with Crippen molar-refractivity contribution in [3.8, 4) is 0 Å². The third-order valence-electron chi connectivity index (χ3n) is 3.49. The van der Waals surface area contributed by atoms with E-state index in [1.807, 2.05) is 18.2 Å². The molecule has 1 aliphatic rings. The molecule has 1 amide bonds. The Hall–Kier alpha value is -0.830. The number of carbonyl (C=O) groups excluding carboxylic acids is 1. The van der Waals surface area contributed by atoms with E-state index >= 15 is 0 Å². The molecule has 0 aromatic heterocycles. The van der Waals surface area contributed by atoms with Gasteiger partial charge in [0.1, 0.15) is 0 Å². The molecule has 1 saturated carbocycles. The molecular formula is C15H20BrNO. The molecule has 0 aliphatic heterocycles. The molecule has 1 aromatic carbocycles. The Labute approximate surface area is 117 Å². The van der Waals surface area contributed by atoms with E-state index in [1.54, 1.807) is 0 Å². The molecule has 18 heavy (non-hydrogen) atoms. The van der Waals surface area contributed by atoms with Gasteiger partial charge in [-0.2, -0.15) is 0 Å². The first-order chi connectivity index (χ1) is 8.75. The molecule has 1 N–H and O–H groups in total. The summed E-state index contributed by atoms with van der Waals surface area (Å²) < 4.78 is 0. The highest BCUT2D eigenvalue weighted by molar-refractivity contribution is 9.09. The number of rotatable bonds is 5. The topological polar surface area (TPSA) is 29.1 Å². The number of carbonyl (C=O) groups is 1. The number of amides is 1. The molecular weight excluding hydrogens is 290 g/mol. The minimum atomic E-state index is 0.197. The second-order valence-corrected chi connectivity index (χ2v) is 6.14. The Bertz CT molecular complexity index is 379. The summed E-state index contributed by atoms with van der Waals surface area (Å²) in [5, 5.41) is 3.13. The van der Waals surface area contributed by atoms with E-state index in [1.165, 1.54) is 18.4 Å². The van der Waals surface area contributed by atoms with Gasteiger partial charge in [0.05, 0.1) is 0 Å². The molecule has 1 fully saturated rings. The van der Waals surface area contributed by atoms with Crippen LogP contribution in [0.3, 0.4) is 0 Å². The normalized spacial score (nSPS) is 22.9. The average Bonchev–Trinajstić information content (AvgIpc) is 2.76. The van der Waals surface area contributed by atoms with E-state index in [0.717, 1.165) is 19.3 Å². The van der Waals surface area contributed by atoms with Gasteiger partial charge < -0.3 is 5.32 Å². The lowest BCUT2D eigenvalue weighted by molar-refractivity contribution is -0.121. The molecule has 2 rings (SSSR count). The van der Waals surface area contributed by atoms with Crippen LogP contribution in [0.5, 0.6) is 0 Å². The van der Waals surface area contributed by atoms with Gasteiger partial charge in [-0.05, 0) is 31.2 Å². The van der Waals surface area contributed by atoms with Gasteiger partial charge in [-0.3, -0.25) is 4.79 Å². The lowest BCUT2D eigenvalue weighted by Gasteiger charge is -2.15.